The molecule has 2 saturated heterocycles. The molecule has 3 rings (SSSR count). The molecule has 2 amide bonds. The number of nitrogens with one attached hydrogen (secondary N) is 1. The molecule has 0 radical (unpaired) electrons. The molecule has 2 fully saturated rings. The maximum atomic E-state index is 13.1. The Hall–Kier alpha value is -2.25. The molecule has 37 heavy (non-hydrogen) atoms. The second kappa shape index (κ2) is 10.5. The second-order valence-corrected chi connectivity index (χ2v) is 13.8. The molecule has 2 aliphatic heterocycles. The van der Waals surface area contributed by atoms with E-state index in [2.05, 4.69) is 15.3 Å². The van der Waals surface area contributed by atoms with Crippen molar-refractivity contribution in [2.75, 3.05) is 18.8 Å². The topological polar surface area (TPSA) is 137 Å². The summed E-state index contributed by atoms with van der Waals surface area (Å²) in [5.41, 5.74) is -1.21. The number of carbonyl (C=O) groups is 2. The zero-order chi connectivity index (χ0) is 27.8. The van der Waals surface area contributed by atoms with Crippen LogP contribution in [0.3, 0.4) is 0 Å². The van der Waals surface area contributed by atoms with Crippen LogP contribution in [0.15, 0.2) is 17.6 Å². The fraction of sp³-hybridized carbons (Fsp3) is 0.750. The summed E-state index contributed by atoms with van der Waals surface area (Å²) in [6.45, 7) is 15.3. The summed E-state index contributed by atoms with van der Waals surface area (Å²) in [4.78, 5) is 34.7. The Balaban J connectivity index is 1.60. The number of ether oxygens (including phenoxy) is 1. The molecule has 1 aromatic heterocycles. The highest BCUT2D eigenvalue weighted by Gasteiger charge is 2.52. The van der Waals surface area contributed by atoms with Crippen LogP contribution >= 0.6 is 0 Å². The van der Waals surface area contributed by atoms with Crippen molar-refractivity contribution in [2.24, 2.45) is 5.92 Å². The van der Waals surface area contributed by atoms with Crippen LogP contribution < -0.4 is 10.8 Å². The first kappa shape index (κ1) is 29.3. The third kappa shape index (κ3) is 7.20. The summed E-state index contributed by atoms with van der Waals surface area (Å²) in [6, 6.07) is -0.795. The number of aromatic nitrogens is 2. The van der Waals surface area contributed by atoms with Gasteiger partial charge in [0, 0.05) is 30.9 Å². The van der Waals surface area contributed by atoms with Crippen molar-refractivity contribution in [3.63, 3.8) is 0 Å². The van der Waals surface area contributed by atoms with E-state index in [0.29, 0.717) is 24.8 Å². The van der Waals surface area contributed by atoms with Crippen LogP contribution in [0, 0.1) is 5.92 Å². The Bertz CT molecular complexity index is 1090. The number of alkyl carbamates (subject to hydrolysis) is 1. The van der Waals surface area contributed by atoms with Gasteiger partial charge in [0.2, 0.25) is 20.9 Å². The molecule has 2 aliphatic rings. The van der Waals surface area contributed by atoms with Crippen molar-refractivity contribution < 1.29 is 32.1 Å². The van der Waals surface area contributed by atoms with Gasteiger partial charge < -0.3 is 24.3 Å². The van der Waals surface area contributed by atoms with Crippen LogP contribution in [0.2, 0.25) is 0 Å². The summed E-state index contributed by atoms with van der Waals surface area (Å²) in [5, 5.41) is 2.28. The molecule has 11 nitrogen and oxygen atoms in total. The van der Waals surface area contributed by atoms with Gasteiger partial charge in [-0.3, -0.25) is 4.79 Å². The highest BCUT2D eigenvalue weighted by atomic mass is 32.2. The number of likely N-dealkylation sites (tertiary alicyclic amines) is 1. The number of carbonyl (C=O) groups excluding carboxylic acids is 2. The Morgan fingerprint density at radius 1 is 1.19 bits per heavy atom. The van der Waals surface area contributed by atoms with Crippen LogP contribution in [0.25, 0.3) is 0 Å². The quantitative estimate of drug-likeness (QED) is 0.424. The van der Waals surface area contributed by atoms with Gasteiger partial charge in [0.25, 0.3) is 0 Å². The van der Waals surface area contributed by atoms with Gasteiger partial charge in [-0.2, -0.15) is 0 Å². The predicted octanol–water partition coefficient (Wildman–Crippen LogP) is 1.70. The molecule has 1 N–H and O–H groups in total. The minimum Gasteiger partial charge on any atom is -0.444 e. The number of piperidine rings is 1. The number of hydrogen-bond donors (Lipinski definition) is 1. The Kier molecular flexibility index (Phi) is 8.31. The molecular weight excluding hydrogens is 499 g/mol. The Labute approximate surface area is 220 Å². The van der Waals surface area contributed by atoms with E-state index >= 15 is 0 Å². The molecule has 0 unspecified atom stereocenters. The van der Waals surface area contributed by atoms with Crippen molar-refractivity contribution in [3.05, 3.63) is 12.4 Å². The average Bonchev–Trinajstić information content (AvgIpc) is 2.98. The molecule has 206 valence electrons. The summed E-state index contributed by atoms with van der Waals surface area (Å²) in [7, 11) is -4.47. The third-order valence-corrected chi connectivity index (χ3v) is 8.52. The lowest BCUT2D eigenvalue weighted by Gasteiger charge is -2.34. The third-order valence-electron chi connectivity index (χ3n) is 6.84. The van der Waals surface area contributed by atoms with Crippen LogP contribution in [0.4, 0.5) is 4.79 Å². The van der Waals surface area contributed by atoms with E-state index < -0.39 is 45.9 Å². The van der Waals surface area contributed by atoms with Gasteiger partial charge in [0.05, 0.1) is 17.0 Å². The first-order valence-electron chi connectivity index (χ1n) is 12.6. The summed E-state index contributed by atoms with van der Waals surface area (Å²) in [6.07, 6.45) is 3.48. The first-order valence-corrected chi connectivity index (χ1v) is 14.2. The highest BCUT2D eigenvalue weighted by molar-refractivity contribution is 7.91. The molecule has 0 spiro atoms. The maximum absolute atomic E-state index is 13.1. The molecule has 0 aliphatic carbocycles. The molecule has 3 heterocycles. The van der Waals surface area contributed by atoms with Crippen molar-refractivity contribution >= 4 is 34.4 Å². The summed E-state index contributed by atoms with van der Waals surface area (Å²) < 4.78 is 43.3. The number of nitrogens with zero attached hydrogens (tertiary/aromatic N) is 3. The van der Waals surface area contributed by atoms with Crippen molar-refractivity contribution in [1.82, 2.24) is 20.2 Å². The Morgan fingerprint density at radius 3 is 2.30 bits per heavy atom. The van der Waals surface area contributed by atoms with Crippen LogP contribution in [-0.2, 0) is 28.7 Å². The Morgan fingerprint density at radius 2 is 1.76 bits per heavy atom. The lowest BCUT2D eigenvalue weighted by molar-refractivity contribution is -0.134. The van der Waals surface area contributed by atoms with Gasteiger partial charge in [-0.25, -0.2) is 23.2 Å². The van der Waals surface area contributed by atoms with Gasteiger partial charge in [-0.05, 0) is 74.1 Å². The fourth-order valence-corrected chi connectivity index (χ4v) is 5.66. The first-order chi connectivity index (χ1) is 16.9. The van der Waals surface area contributed by atoms with Gasteiger partial charge in [-0.1, -0.05) is 0 Å². The average molecular weight is 538 g/mol. The summed E-state index contributed by atoms with van der Waals surface area (Å²) in [5.74, 6) is -0.737. The highest BCUT2D eigenvalue weighted by Crippen LogP contribution is 2.36. The van der Waals surface area contributed by atoms with Gasteiger partial charge in [0.1, 0.15) is 11.6 Å². The normalized spacial score (nSPS) is 22.4. The van der Waals surface area contributed by atoms with Gasteiger partial charge >= 0.3 is 13.2 Å². The number of sulfone groups is 1. The van der Waals surface area contributed by atoms with E-state index in [0.717, 1.165) is 0 Å². The SMILES string of the molecule is C[C@@H](NC(=O)OC(C)(C)C)C(=O)N1CCC[C@H](CS(=O)(=O)c2ncc(B3OC(C)(C)C(C)(C)O3)cn2)C1. The van der Waals surface area contributed by atoms with Crippen LogP contribution in [-0.4, -0.2) is 84.1 Å². The van der Waals surface area contributed by atoms with Crippen LogP contribution in [0.1, 0.15) is 68.2 Å². The molecule has 1 aromatic rings. The lowest BCUT2D eigenvalue weighted by Crippen LogP contribution is -2.51. The van der Waals surface area contributed by atoms with E-state index in [1.807, 2.05) is 27.7 Å². The molecule has 0 saturated carbocycles. The fourth-order valence-electron chi connectivity index (χ4n) is 4.19. The van der Waals surface area contributed by atoms with E-state index in [9.17, 15) is 18.0 Å². The zero-order valence-corrected chi connectivity index (χ0v) is 23.8. The number of hydrogen-bond acceptors (Lipinski definition) is 9. The predicted molar refractivity (Wildman–Crippen MR) is 138 cm³/mol. The number of amides is 2. The zero-order valence-electron chi connectivity index (χ0n) is 23.0. The van der Waals surface area contributed by atoms with Crippen molar-refractivity contribution in [1.29, 1.82) is 0 Å². The van der Waals surface area contributed by atoms with Gasteiger partial charge in [0.15, 0.2) is 0 Å². The van der Waals surface area contributed by atoms with E-state index in [1.54, 1.807) is 32.6 Å². The van der Waals surface area contributed by atoms with Crippen LogP contribution in [0.5, 0.6) is 0 Å². The second-order valence-electron chi connectivity index (χ2n) is 11.8. The smallest absolute Gasteiger partial charge is 0.444 e. The lowest BCUT2D eigenvalue weighted by atomic mass is 9.81. The van der Waals surface area contributed by atoms with E-state index in [-0.39, 0.29) is 29.3 Å². The van der Waals surface area contributed by atoms with E-state index in [1.165, 1.54) is 12.4 Å². The molecule has 2 atom stereocenters. The van der Waals surface area contributed by atoms with Crippen molar-refractivity contribution in [2.45, 2.75) is 96.2 Å². The number of rotatable bonds is 6. The largest absolute Gasteiger partial charge is 0.498 e. The molecule has 0 bridgehead atoms. The molecular formula is C24H39BN4O7S. The molecule has 0 aromatic carbocycles. The van der Waals surface area contributed by atoms with Crippen molar-refractivity contribution in [3.8, 4) is 0 Å². The maximum Gasteiger partial charge on any atom is 0.498 e. The minimum absolute atomic E-state index is 0.180. The monoisotopic (exact) mass is 538 g/mol. The van der Waals surface area contributed by atoms with Gasteiger partial charge in [-0.15, -0.1) is 0 Å². The minimum atomic E-state index is -3.79. The standard InChI is InChI=1S/C24H39BN4O7S/c1-16(28-21(31)34-22(2,3)4)19(30)29-11-9-10-17(14-29)15-37(32,33)20-26-12-18(13-27-20)25-35-23(5,6)24(7,8)36-25/h12-13,16-17H,9-11,14-15H2,1-8H3,(H,28,31)/t16-,17+/m1/s1. The summed E-state index contributed by atoms with van der Waals surface area (Å²) >= 11 is 0. The van der Waals surface area contributed by atoms with E-state index in [4.69, 9.17) is 14.0 Å². The molecule has 13 heteroatoms.